The van der Waals surface area contributed by atoms with Gasteiger partial charge in [0.2, 0.25) is 0 Å². The zero-order chi connectivity index (χ0) is 33.7. The van der Waals surface area contributed by atoms with Crippen molar-refractivity contribution in [2.45, 2.75) is 0 Å². The Morgan fingerprint density at radius 2 is 0.706 bits per heavy atom. The predicted molar refractivity (Wildman–Crippen MR) is 212 cm³/mol. The number of rotatable bonds is 6. The summed E-state index contributed by atoms with van der Waals surface area (Å²) < 4.78 is 12.6. The van der Waals surface area contributed by atoms with Gasteiger partial charge in [-0.1, -0.05) is 121 Å². The number of benzene rings is 8. The van der Waals surface area contributed by atoms with Gasteiger partial charge in [-0.2, -0.15) is 0 Å². The fourth-order valence-corrected chi connectivity index (χ4v) is 7.39. The molecule has 2 heterocycles. The number of furan rings is 2. The first kappa shape index (κ1) is 29.1. The molecular formula is C48H31NO2. The van der Waals surface area contributed by atoms with Crippen molar-refractivity contribution in [2.24, 2.45) is 0 Å². The molecule has 10 aromatic rings. The van der Waals surface area contributed by atoms with Gasteiger partial charge < -0.3 is 13.7 Å². The lowest BCUT2D eigenvalue weighted by atomic mass is 9.92. The third-order valence-corrected chi connectivity index (χ3v) is 9.89. The van der Waals surface area contributed by atoms with Crippen LogP contribution in [0.5, 0.6) is 0 Å². The van der Waals surface area contributed by atoms with Crippen LogP contribution in [0.4, 0.5) is 17.1 Å². The summed E-state index contributed by atoms with van der Waals surface area (Å²) in [5.41, 5.74) is 13.7. The molecule has 0 saturated carbocycles. The van der Waals surface area contributed by atoms with Crippen molar-refractivity contribution in [1.82, 2.24) is 0 Å². The lowest BCUT2D eigenvalue weighted by Gasteiger charge is -2.26. The molecule has 0 aliphatic carbocycles. The minimum Gasteiger partial charge on any atom is -0.456 e. The predicted octanol–water partition coefficient (Wildman–Crippen LogP) is 14.0. The van der Waals surface area contributed by atoms with Crippen molar-refractivity contribution in [2.75, 3.05) is 4.90 Å². The molecule has 0 bridgehead atoms. The van der Waals surface area contributed by atoms with E-state index >= 15 is 0 Å². The maximum Gasteiger partial charge on any atom is 0.136 e. The van der Waals surface area contributed by atoms with E-state index in [1.165, 1.54) is 22.3 Å². The van der Waals surface area contributed by atoms with E-state index < -0.39 is 0 Å². The van der Waals surface area contributed by atoms with Crippen LogP contribution < -0.4 is 4.90 Å². The van der Waals surface area contributed by atoms with Gasteiger partial charge in [-0.3, -0.25) is 0 Å². The van der Waals surface area contributed by atoms with Crippen LogP contribution in [0.25, 0.3) is 77.3 Å². The first-order valence-corrected chi connectivity index (χ1v) is 17.2. The number of nitrogens with zero attached hydrogens (tertiary/aromatic N) is 1. The van der Waals surface area contributed by atoms with Crippen LogP contribution in [0.15, 0.2) is 197 Å². The van der Waals surface area contributed by atoms with Crippen molar-refractivity contribution < 1.29 is 8.83 Å². The Hall–Kier alpha value is -6.84. The SMILES string of the molecule is c1ccc(-c2ccc(N(c3ccc(-c4cc5oc6ccccc6c5cc4-c4ccccc4)cc3)c3ccc4oc5ccccc5c4c3)cc2)cc1. The van der Waals surface area contributed by atoms with Gasteiger partial charge in [0.1, 0.15) is 22.3 Å². The molecule has 0 aliphatic heterocycles. The molecule has 0 radical (unpaired) electrons. The van der Waals surface area contributed by atoms with E-state index in [0.29, 0.717) is 0 Å². The smallest absolute Gasteiger partial charge is 0.136 e. The van der Waals surface area contributed by atoms with Crippen LogP contribution in [0.2, 0.25) is 0 Å². The number of anilines is 3. The zero-order valence-corrected chi connectivity index (χ0v) is 27.7. The molecule has 0 fully saturated rings. The highest BCUT2D eigenvalue weighted by atomic mass is 16.3. The highest BCUT2D eigenvalue weighted by Crippen LogP contribution is 2.42. The van der Waals surface area contributed by atoms with Crippen LogP contribution in [0, 0.1) is 0 Å². The van der Waals surface area contributed by atoms with E-state index in [4.69, 9.17) is 8.83 Å². The van der Waals surface area contributed by atoms with E-state index in [1.54, 1.807) is 0 Å². The highest BCUT2D eigenvalue weighted by Gasteiger charge is 2.18. The minimum absolute atomic E-state index is 0.879. The fraction of sp³-hybridized carbons (Fsp3) is 0. The van der Waals surface area contributed by atoms with Gasteiger partial charge >= 0.3 is 0 Å². The standard InChI is InChI=1S/C48H31NO2/c1-3-11-32(12-4-1)33-19-23-36(24-20-33)49(38-27-28-47-43(29-38)39-15-7-9-17-45(39)50-47)37-25-21-35(22-26-37)42-31-48-44(40-16-8-10-18-46(40)51-48)30-41(42)34-13-5-2-6-14-34/h1-31H. The third kappa shape index (κ3) is 5.06. The topological polar surface area (TPSA) is 29.5 Å². The Morgan fingerprint density at radius 1 is 0.275 bits per heavy atom. The van der Waals surface area contributed by atoms with Crippen LogP contribution in [-0.4, -0.2) is 0 Å². The summed E-state index contributed by atoms with van der Waals surface area (Å²) in [5.74, 6) is 0. The van der Waals surface area contributed by atoms with Gasteiger partial charge in [0.25, 0.3) is 0 Å². The van der Waals surface area contributed by atoms with Gasteiger partial charge in [-0.25, -0.2) is 0 Å². The monoisotopic (exact) mass is 653 g/mol. The molecule has 3 nitrogen and oxygen atoms in total. The summed E-state index contributed by atoms with van der Waals surface area (Å²) in [6.45, 7) is 0. The van der Waals surface area contributed by atoms with Crippen molar-refractivity contribution in [1.29, 1.82) is 0 Å². The second kappa shape index (κ2) is 11.9. The lowest BCUT2D eigenvalue weighted by Crippen LogP contribution is -2.09. The average molecular weight is 654 g/mol. The highest BCUT2D eigenvalue weighted by molar-refractivity contribution is 6.09. The van der Waals surface area contributed by atoms with Gasteiger partial charge in [-0.15, -0.1) is 0 Å². The normalized spacial score (nSPS) is 11.5. The quantitative estimate of drug-likeness (QED) is 0.179. The van der Waals surface area contributed by atoms with Gasteiger partial charge in [0.15, 0.2) is 0 Å². The molecule has 2 aromatic heterocycles. The Bertz CT molecular complexity index is 2830. The van der Waals surface area contributed by atoms with Crippen molar-refractivity contribution in [3.63, 3.8) is 0 Å². The van der Waals surface area contributed by atoms with E-state index in [1.807, 2.05) is 24.3 Å². The Balaban J connectivity index is 1.12. The van der Waals surface area contributed by atoms with Crippen LogP contribution >= 0.6 is 0 Å². The van der Waals surface area contributed by atoms with Crippen molar-refractivity contribution >= 4 is 60.9 Å². The lowest BCUT2D eigenvalue weighted by molar-refractivity contribution is 0.668. The molecule has 0 aliphatic rings. The largest absolute Gasteiger partial charge is 0.456 e. The van der Waals surface area contributed by atoms with E-state index in [0.717, 1.165) is 72.1 Å². The van der Waals surface area contributed by atoms with Crippen molar-refractivity contribution in [3.8, 4) is 33.4 Å². The summed E-state index contributed by atoms with van der Waals surface area (Å²) in [5, 5.41) is 4.45. The van der Waals surface area contributed by atoms with E-state index in [9.17, 15) is 0 Å². The molecule has 8 aromatic carbocycles. The fourth-order valence-electron chi connectivity index (χ4n) is 7.39. The molecule has 0 atom stereocenters. The van der Waals surface area contributed by atoms with Gasteiger partial charge in [-0.05, 0) is 100 Å². The molecule has 10 rings (SSSR count). The molecule has 0 saturated heterocycles. The van der Waals surface area contributed by atoms with E-state index in [-0.39, 0.29) is 0 Å². The van der Waals surface area contributed by atoms with Gasteiger partial charge in [0.05, 0.1) is 0 Å². The first-order chi connectivity index (χ1) is 25.3. The number of fused-ring (bicyclic) bond motifs is 6. The Kier molecular flexibility index (Phi) is 6.81. The summed E-state index contributed by atoms with van der Waals surface area (Å²) in [6.07, 6.45) is 0. The Morgan fingerprint density at radius 3 is 1.35 bits per heavy atom. The van der Waals surface area contributed by atoms with Crippen LogP contribution in [-0.2, 0) is 0 Å². The molecule has 0 amide bonds. The summed E-state index contributed by atoms with van der Waals surface area (Å²) >= 11 is 0. The van der Waals surface area contributed by atoms with Crippen LogP contribution in [0.1, 0.15) is 0 Å². The maximum atomic E-state index is 6.37. The summed E-state index contributed by atoms with van der Waals surface area (Å²) in [4.78, 5) is 2.32. The average Bonchev–Trinajstić information content (AvgIpc) is 3.76. The summed E-state index contributed by atoms with van der Waals surface area (Å²) in [7, 11) is 0. The minimum atomic E-state index is 0.879. The second-order valence-corrected chi connectivity index (χ2v) is 12.9. The number of hydrogen-bond donors (Lipinski definition) is 0. The molecule has 0 N–H and O–H groups in total. The summed E-state index contributed by atoms with van der Waals surface area (Å²) in [6, 6.07) is 66.3. The molecule has 0 spiro atoms. The van der Waals surface area contributed by atoms with E-state index in [2.05, 4.69) is 169 Å². The molecule has 51 heavy (non-hydrogen) atoms. The first-order valence-electron chi connectivity index (χ1n) is 17.2. The molecule has 3 heteroatoms. The van der Waals surface area contributed by atoms with Crippen molar-refractivity contribution in [3.05, 3.63) is 188 Å². The molecule has 0 unspecified atom stereocenters. The third-order valence-electron chi connectivity index (χ3n) is 9.89. The number of para-hydroxylation sites is 2. The zero-order valence-electron chi connectivity index (χ0n) is 27.7. The molecular weight excluding hydrogens is 623 g/mol. The second-order valence-electron chi connectivity index (χ2n) is 12.9. The van der Waals surface area contributed by atoms with Gasteiger partial charge in [0, 0.05) is 38.6 Å². The maximum absolute atomic E-state index is 6.37. The molecule has 240 valence electrons. The van der Waals surface area contributed by atoms with Crippen LogP contribution in [0.3, 0.4) is 0 Å². The Labute approximate surface area is 295 Å². The number of hydrogen-bond acceptors (Lipinski definition) is 3.